The van der Waals surface area contributed by atoms with Crippen molar-refractivity contribution in [2.24, 2.45) is 0 Å². The summed E-state index contributed by atoms with van der Waals surface area (Å²) in [6, 6.07) is 15.1. The molecule has 122 valence electrons. The van der Waals surface area contributed by atoms with Crippen LogP contribution in [0.15, 0.2) is 48.5 Å². The molecule has 0 unspecified atom stereocenters. The van der Waals surface area contributed by atoms with Crippen LogP contribution in [0.1, 0.15) is 41.3 Å². The molecule has 0 saturated carbocycles. The maximum Gasteiger partial charge on any atom is 0.335 e. The predicted molar refractivity (Wildman–Crippen MR) is 91.1 cm³/mol. The molecule has 0 heterocycles. The molecular weight excluding hydrogens is 290 g/mol. The molecule has 0 aliphatic heterocycles. The maximum atomic E-state index is 10.8. The molecule has 0 atom stereocenters. The SMILES string of the molecule is CC(C)c1ccc(OCCNCc2ccc(C(=O)O)cc2)cc1. The highest BCUT2D eigenvalue weighted by Crippen LogP contribution is 2.18. The van der Waals surface area contributed by atoms with Gasteiger partial charge in [0.15, 0.2) is 0 Å². The van der Waals surface area contributed by atoms with E-state index >= 15 is 0 Å². The van der Waals surface area contributed by atoms with Gasteiger partial charge < -0.3 is 15.2 Å². The van der Waals surface area contributed by atoms with Gasteiger partial charge in [-0.15, -0.1) is 0 Å². The zero-order valence-electron chi connectivity index (χ0n) is 13.6. The number of carboxylic acids is 1. The number of carbonyl (C=O) groups is 1. The van der Waals surface area contributed by atoms with E-state index in [1.807, 2.05) is 24.3 Å². The first-order chi connectivity index (χ1) is 11.1. The Hall–Kier alpha value is -2.33. The number of carboxylic acid groups (broad SMARTS) is 1. The normalized spacial score (nSPS) is 10.7. The molecule has 2 rings (SSSR count). The third kappa shape index (κ3) is 5.42. The quantitative estimate of drug-likeness (QED) is 0.730. The minimum atomic E-state index is -0.901. The van der Waals surface area contributed by atoms with Gasteiger partial charge in [0.25, 0.3) is 0 Å². The summed E-state index contributed by atoms with van der Waals surface area (Å²) >= 11 is 0. The van der Waals surface area contributed by atoms with E-state index in [2.05, 4.69) is 31.3 Å². The number of hydrogen-bond acceptors (Lipinski definition) is 3. The summed E-state index contributed by atoms with van der Waals surface area (Å²) in [4.78, 5) is 10.8. The van der Waals surface area contributed by atoms with Gasteiger partial charge in [-0.25, -0.2) is 4.79 Å². The van der Waals surface area contributed by atoms with Crippen molar-refractivity contribution in [1.82, 2.24) is 5.32 Å². The van der Waals surface area contributed by atoms with Crippen molar-refractivity contribution in [1.29, 1.82) is 0 Å². The molecule has 2 aromatic rings. The van der Waals surface area contributed by atoms with Gasteiger partial charge >= 0.3 is 5.97 Å². The second kappa shape index (κ2) is 8.34. The van der Waals surface area contributed by atoms with E-state index in [1.165, 1.54) is 5.56 Å². The lowest BCUT2D eigenvalue weighted by Gasteiger charge is -2.10. The second-order valence-electron chi connectivity index (χ2n) is 5.75. The number of rotatable bonds is 8. The highest BCUT2D eigenvalue weighted by Gasteiger charge is 2.02. The van der Waals surface area contributed by atoms with Crippen LogP contribution in [-0.2, 0) is 6.54 Å². The average molecular weight is 313 g/mol. The van der Waals surface area contributed by atoms with Crippen molar-refractivity contribution in [3.8, 4) is 5.75 Å². The third-order valence-electron chi connectivity index (χ3n) is 3.62. The Balaban J connectivity index is 1.68. The molecule has 0 fully saturated rings. The fraction of sp³-hybridized carbons (Fsp3) is 0.316. The summed E-state index contributed by atoms with van der Waals surface area (Å²) in [5, 5.41) is 12.1. The number of benzene rings is 2. The van der Waals surface area contributed by atoms with Crippen molar-refractivity contribution in [3.63, 3.8) is 0 Å². The van der Waals surface area contributed by atoms with E-state index in [0.29, 0.717) is 24.6 Å². The van der Waals surface area contributed by atoms with Crippen molar-refractivity contribution in [2.75, 3.05) is 13.2 Å². The fourth-order valence-corrected chi connectivity index (χ4v) is 2.19. The van der Waals surface area contributed by atoms with E-state index in [1.54, 1.807) is 12.1 Å². The van der Waals surface area contributed by atoms with Gasteiger partial charge in [-0.2, -0.15) is 0 Å². The number of hydrogen-bond donors (Lipinski definition) is 2. The van der Waals surface area contributed by atoms with Crippen LogP contribution in [-0.4, -0.2) is 24.2 Å². The smallest absolute Gasteiger partial charge is 0.335 e. The molecular formula is C19H23NO3. The first-order valence-corrected chi connectivity index (χ1v) is 7.82. The molecule has 23 heavy (non-hydrogen) atoms. The van der Waals surface area contributed by atoms with Crippen LogP contribution in [0.25, 0.3) is 0 Å². The standard InChI is InChI=1S/C19H23NO3/c1-14(2)16-7-9-18(10-8-16)23-12-11-20-13-15-3-5-17(6-4-15)19(21)22/h3-10,14,20H,11-13H2,1-2H3,(H,21,22). The maximum absolute atomic E-state index is 10.8. The van der Waals surface area contributed by atoms with Gasteiger partial charge in [-0.3, -0.25) is 0 Å². The summed E-state index contributed by atoms with van der Waals surface area (Å²) < 4.78 is 5.69. The Morgan fingerprint density at radius 1 is 1.09 bits per heavy atom. The molecule has 0 saturated heterocycles. The monoisotopic (exact) mass is 313 g/mol. The van der Waals surface area contributed by atoms with E-state index < -0.39 is 5.97 Å². The van der Waals surface area contributed by atoms with Crippen molar-refractivity contribution < 1.29 is 14.6 Å². The number of aromatic carboxylic acids is 1. The summed E-state index contributed by atoms with van der Waals surface area (Å²) in [5.74, 6) is 0.502. The molecule has 0 aromatic heterocycles. The molecule has 0 aliphatic carbocycles. The minimum absolute atomic E-state index is 0.307. The van der Waals surface area contributed by atoms with Crippen molar-refractivity contribution in [2.45, 2.75) is 26.3 Å². The van der Waals surface area contributed by atoms with Gasteiger partial charge in [0.1, 0.15) is 12.4 Å². The second-order valence-corrected chi connectivity index (χ2v) is 5.75. The molecule has 0 amide bonds. The van der Waals surface area contributed by atoms with E-state index in [0.717, 1.165) is 17.9 Å². The Morgan fingerprint density at radius 2 is 1.74 bits per heavy atom. The zero-order valence-corrected chi connectivity index (χ0v) is 13.6. The van der Waals surface area contributed by atoms with Crippen LogP contribution in [0.2, 0.25) is 0 Å². The summed E-state index contributed by atoms with van der Waals surface area (Å²) in [5.41, 5.74) is 2.67. The number of ether oxygens (including phenoxy) is 1. The van der Waals surface area contributed by atoms with Crippen molar-refractivity contribution in [3.05, 3.63) is 65.2 Å². The topological polar surface area (TPSA) is 58.6 Å². The van der Waals surface area contributed by atoms with Crippen LogP contribution >= 0.6 is 0 Å². The first kappa shape index (κ1) is 17.0. The molecule has 0 bridgehead atoms. The zero-order chi connectivity index (χ0) is 16.7. The summed E-state index contributed by atoms with van der Waals surface area (Å²) in [6.45, 7) is 6.35. The Labute approximate surface area is 137 Å². The Kier molecular flexibility index (Phi) is 6.18. The van der Waals surface area contributed by atoms with Gasteiger partial charge in [0, 0.05) is 13.1 Å². The Morgan fingerprint density at radius 3 is 2.30 bits per heavy atom. The lowest BCUT2D eigenvalue weighted by Crippen LogP contribution is -2.20. The number of nitrogens with one attached hydrogen (secondary N) is 1. The van der Waals surface area contributed by atoms with Crippen LogP contribution in [0.4, 0.5) is 0 Å². The molecule has 0 aliphatic rings. The van der Waals surface area contributed by atoms with Crippen LogP contribution in [0.5, 0.6) is 5.75 Å². The molecule has 4 heteroatoms. The fourth-order valence-electron chi connectivity index (χ4n) is 2.19. The van der Waals surface area contributed by atoms with Gasteiger partial charge in [0.05, 0.1) is 5.56 Å². The lowest BCUT2D eigenvalue weighted by atomic mass is 10.0. The van der Waals surface area contributed by atoms with E-state index in [9.17, 15) is 4.79 Å². The van der Waals surface area contributed by atoms with Gasteiger partial charge in [-0.1, -0.05) is 38.1 Å². The highest BCUT2D eigenvalue weighted by atomic mass is 16.5. The highest BCUT2D eigenvalue weighted by molar-refractivity contribution is 5.87. The molecule has 2 aromatic carbocycles. The minimum Gasteiger partial charge on any atom is -0.492 e. The summed E-state index contributed by atoms with van der Waals surface area (Å²) in [7, 11) is 0. The van der Waals surface area contributed by atoms with Crippen LogP contribution in [0, 0.1) is 0 Å². The molecule has 0 spiro atoms. The van der Waals surface area contributed by atoms with E-state index in [4.69, 9.17) is 9.84 Å². The van der Waals surface area contributed by atoms with Gasteiger partial charge in [0.2, 0.25) is 0 Å². The largest absolute Gasteiger partial charge is 0.492 e. The van der Waals surface area contributed by atoms with Gasteiger partial charge in [-0.05, 0) is 41.3 Å². The van der Waals surface area contributed by atoms with Crippen LogP contribution in [0.3, 0.4) is 0 Å². The molecule has 0 radical (unpaired) electrons. The van der Waals surface area contributed by atoms with E-state index in [-0.39, 0.29) is 0 Å². The Bertz CT molecular complexity index is 618. The predicted octanol–water partition coefficient (Wildman–Crippen LogP) is 3.68. The summed E-state index contributed by atoms with van der Waals surface area (Å²) in [6.07, 6.45) is 0. The lowest BCUT2D eigenvalue weighted by molar-refractivity contribution is 0.0697. The average Bonchev–Trinajstić information content (AvgIpc) is 2.55. The third-order valence-corrected chi connectivity index (χ3v) is 3.62. The molecule has 4 nitrogen and oxygen atoms in total. The van der Waals surface area contributed by atoms with Crippen LogP contribution < -0.4 is 10.1 Å². The first-order valence-electron chi connectivity index (χ1n) is 7.82. The molecule has 2 N–H and O–H groups in total. The van der Waals surface area contributed by atoms with Crippen molar-refractivity contribution >= 4 is 5.97 Å².